The maximum absolute atomic E-state index is 11.8. The highest BCUT2D eigenvalue weighted by Gasteiger charge is 2.08. The van der Waals surface area contributed by atoms with Crippen LogP contribution in [0.2, 0.25) is 0 Å². The molecule has 1 rings (SSSR count). The average molecular weight is 296 g/mol. The molecular weight excluding hydrogens is 282 g/mol. The van der Waals surface area contributed by atoms with Gasteiger partial charge in [0.2, 0.25) is 0 Å². The van der Waals surface area contributed by atoms with Crippen LogP contribution in [0.5, 0.6) is 0 Å². The summed E-state index contributed by atoms with van der Waals surface area (Å²) in [5.74, 6) is -0.310. The van der Waals surface area contributed by atoms with Crippen LogP contribution < -0.4 is 10.6 Å². The van der Waals surface area contributed by atoms with E-state index >= 15 is 0 Å². The van der Waals surface area contributed by atoms with Gasteiger partial charge in [0.25, 0.3) is 5.91 Å². The molecule has 0 aliphatic carbocycles. The number of aryl methyl sites for hydroxylation is 1. The Morgan fingerprint density at radius 2 is 2.18 bits per heavy atom. The van der Waals surface area contributed by atoms with Crippen LogP contribution in [0.3, 0.4) is 0 Å². The average Bonchev–Trinajstić information content (AvgIpc) is 2.30. The van der Waals surface area contributed by atoms with Crippen LogP contribution in [0.15, 0.2) is 34.4 Å². The molecule has 0 bridgehead atoms. The highest BCUT2D eigenvalue weighted by molar-refractivity contribution is 9.10. The number of rotatable bonds is 4. The number of carbonyl (C=O) groups is 1. The summed E-state index contributed by atoms with van der Waals surface area (Å²) in [6.07, 6.45) is 2.49. The third-order valence-corrected chi connectivity index (χ3v) is 2.66. The van der Waals surface area contributed by atoms with Crippen LogP contribution in [0, 0.1) is 12.3 Å². The molecule has 0 aliphatic rings. The van der Waals surface area contributed by atoms with Gasteiger partial charge in [-0.3, -0.25) is 4.79 Å². The molecule has 0 saturated heterocycles. The highest BCUT2D eigenvalue weighted by Crippen LogP contribution is 2.20. The fraction of sp³-hybridized carbons (Fsp3) is 0.167. The van der Waals surface area contributed by atoms with E-state index in [-0.39, 0.29) is 11.5 Å². The zero-order chi connectivity index (χ0) is 12.8. The molecule has 0 radical (unpaired) electrons. The molecule has 1 amide bonds. The normalized spacial score (nSPS) is 10.9. The minimum Gasteiger partial charge on any atom is -0.393 e. The third kappa shape index (κ3) is 3.71. The van der Waals surface area contributed by atoms with Crippen molar-refractivity contribution in [2.24, 2.45) is 0 Å². The van der Waals surface area contributed by atoms with Gasteiger partial charge in [-0.25, -0.2) is 0 Å². The van der Waals surface area contributed by atoms with Gasteiger partial charge in [0.1, 0.15) is 0 Å². The van der Waals surface area contributed by atoms with Crippen LogP contribution in [-0.2, 0) is 4.79 Å². The highest BCUT2D eigenvalue weighted by atomic mass is 79.9. The van der Waals surface area contributed by atoms with Crippen molar-refractivity contribution in [2.45, 2.75) is 6.92 Å². The minimum atomic E-state index is -0.310. The standard InChI is InChI=1S/C12H14BrN3O/c1-8-3-4-10(13)5-11(8)16-12(17)9(6-14)7-15-2/h3-7,14-15H,1-2H3,(H,16,17)/b9-7+,14-6?. The number of hydrogen-bond acceptors (Lipinski definition) is 3. The van der Waals surface area contributed by atoms with Crippen molar-refractivity contribution in [3.05, 3.63) is 40.0 Å². The number of benzene rings is 1. The van der Waals surface area contributed by atoms with Crippen molar-refractivity contribution < 1.29 is 4.79 Å². The van der Waals surface area contributed by atoms with Gasteiger partial charge in [-0.1, -0.05) is 22.0 Å². The molecule has 0 aromatic heterocycles. The SMILES string of the molecule is CN/C=C(\C=N)C(=O)Nc1cc(Br)ccc1C. The van der Waals surface area contributed by atoms with Gasteiger partial charge in [-0.05, 0) is 24.6 Å². The summed E-state index contributed by atoms with van der Waals surface area (Å²) in [6, 6.07) is 5.64. The summed E-state index contributed by atoms with van der Waals surface area (Å²) in [6.45, 7) is 1.91. The van der Waals surface area contributed by atoms with Gasteiger partial charge in [-0.15, -0.1) is 0 Å². The van der Waals surface area contributed by atoms with E-state index in [4.69, 9.17) is 5.41 Å². The lowest BCUT2D eigenvalue weighted by Crippen LogP contribution is -2.17. The van der Waals surface area contributed by atoms with Gasteiger partial charge >= 0.3 is 0 Å². The zero-order valence-corrected chi connectivity index (χ0v) is 11.3. The van der Waals surface area contributed by atoms with E-state index in [2.05, 4.69) is 26.6 Å². The molecule has 90 valence electrons. The van der Waals surface area contributed by atoms with Gasteiger partial charge in [-0.2, -0.15) is 0 Å². The first-order valence-corrected chi connectivity index (χ1v) is 5.83. The fourth-order valence-corrected chi connectivity index (χ4v) is 1.61. The van der Waals surface area contributed by atoms with E-state index in [1.807, 2.05) is 25.1 Å². The van der Waals surface area contributed by atoms with Crippen LogP contribution in [0.1, 0.15) is 5.56 Å². The molecule has 5 heteroatoms. The zero-order valence-electron chi connectivity index (χ0n) is 9.67. The van der Waals surface area contributed by atoms with Gasteiger partial charge in [0.05, 0.1) is 5.57 Å². The maximum Gasteiger partial charge on any atom is 0.258 e. The van der Waals surface area contributed by atoms with Crippen molar-refractivity contribution in [1.82, 2.24) is 5.32 Å². The molecule has 0 heterocycles. The van der Waals surface area contributed by atoms with E-state index in [0.29, 0.717) is 0 Å². The molecule has 0 saturated carbocycles. The molecular formula is C12H14BrN3O. The topological polar surface area (TPSA) is 65.0 Å². The van der Waals surface area contributed by atoms with Crippen molar-refractivity contribution in [1.29, 1.82) is 5.41 Å². The monoisotopic (exact) mass is 295 g/mol. The maximum atomic E-state index is 11.8. The number of hydrogen-bond donors (Lipinski definition) is 3. The summed E-state index contributed by atoms with van der Waals surface area (Å²) in [5.41, 5.74) is 1.97. The Kier molecular flexibility index (Phi) is 4.90. The smallest absolute Gasteiger partial charge is 0.258 e. The Balaban J connectivity index is 2.91. The first-order valence-electron chi connectivity index (χ1n) is 5.04. The lowest BCUT2D eigenvalue weighted by Gasteiger charge is -2.09. The van der Waals surface area contributed by atoms with Crippen molar-refractivity contribution in [2.75, 3.05) is 12.4 Å². The van der Waals surface area contributed by atoms with E-state index < -0.39 is 0 Å². The second-order valence-corrected chi connectivity index (χ2v) is 4.36. The molecule has 0 fully saturated rings. The molecule has 1 aromatic carbocycles. The van der Waals surface area contributed by atoms with Gasteiger partial charge in [0.15, 0.2) is 0 Å². The first-order chi connectivity index (χ1) is 8.08. The Labute approximate surface area is 109 Å². The third-order valence-electron chi connectivity index (χ3n) is 2.17. The van der Waals surface area contributed by atoms with Gasteiger partial charge in [0, 0.05) is 29.6 Å². The Morgan fingerprint density at radius 1 is 1.47 bits per heavy atom. The molecule has 4 nitrogen and oxygen atoms in total. The van der Waals surface area contributed by atoms with Crippen LogP contribution >= 0.6 is 15.9 Å². The molecule has 0 aliphatic heterocycles. The quantitative estimate of drug-likeness (QED) is 0.590. The van der Waals surface area contributed by atoms with Crippen molar-refractivity contribution in [3.8, 4) is 0 Å². The molecule has 17 heavy (non-hydrogen) atoms. The summed E-state index contributed by atoms with van der Waals surface area (Å²) in [4.78, 5) is 11.8. The molecule has 0 atom stereocenters. The number of anilines is 1. The largest absolute Gasteiger partial charge is 0.393 e. The van der Waals surface area contributed by atoms with E-state index in [1.54, 1.807) is 7.05 Å². The Hall–Kier alpha value is -1.62. The summed E-state index contributed by atoms with van der Waals surface area (Å²) >= 11 is 3.35. The summed E-state index contributed by atoms with van der Waals surface area (Å²) in [7, 11) is 1.68. The summed E-state index contributed by atoms with van der Waals surface area (Å²) < 4.78 is 0.896. The van der Waals surface area contributed by atoms with Crippen LogP contribution in [0.4, 0.5) is 5.69 Å². The van der Waals surface area contributed by atoms with E-state index in [0.717, 1.165) is 21.9 Å². The number of nitrogens with one attached hydrogen (secondary N) is 3. The fourth-order valence-electron chi connectivity index (χ4n) is 1.25. The lowest BCUT2D eigenvalue weighted by atomic mass is 10.2. The lowest BCUT2D eigenvalue weighted by molar-refractivity contribution is -0.112. The van der Waals surface area contributed by atoms with Crippen LogP contribution in [-0.4, -0.2) is 19.2 Å². The predicted octanol–water partition coefficient (Wildman–Crippen LogP) is 2.45. The summed E-state index contributed by atoms with van der Waals surface area (Å²) in [5, 5.41) is 12.6. The number of halogens is 1. The van der Waals surface area contributed by atoms with E-state index in [9.17, 15) is 4.79 Å². The van der Waals surface area contributed by atoms with Gasteiger partial charge < -0.3 is 16.0 Å². The minimum absolute atomic E-state index is 0.270. The predicted molar refractivity (Wildman–Crippen MR) is 73.4 cm³/mol. The second kappa shape index (κ2) is 6.20. The first kappa shape index (κ1) is 13.4. The number of carbonyl (C=O) groups excluding carboxylic acids is 1. The number of amides is 1. The van der Waals surface area contributed by atoms with Crippen molar-refractivity contribution >= 4 is 33.7 Å². The van der Waals surface area contributed by atoms with Crippen LogP contribution in [0.25, 0.3) is 0 Å². The second-order valence-electron chi connectivity index (χ2n) is 3.45. The van der Waals surface area contributed by atoms with E-state index in [1.165, 1.54) is 6.20 Å². The molecule has 1 aromatic rings. The molecule has 3 N–H and O–H groups in total. The Morgan fingerprint density at radius 3 is 2.76 bits per heavy atom. The Bertz CT molecular complexity index is 469. The molecule has 0 unspecified atom stereocenters. The molecule has 0 spiro atoms. The van der Waals surface area contributed by atoms with Crippen molar-refractivity contribution in [3.63, 3.8) is 0 Å².